The Hall–Kier alpha value is -3.08. The van der Waals surface area contributed by atoms with Crippen molar-refractivity contribution in [2.75, 3.05) is 5.32 Å². The largest absolute Gasteiger partial charge is 0.545 e. The zero-order valence-electron chi connectivity index (χ0n) is 14.4. The van der Waals surface area contributed by atoms with E-state index in [2.05, 4.69) is 10.3 Å². The first-order valence-electron chi connectivity index (χ1n) is 8.09. The number of rotatable bonds is 5. The predicted molar refractivity (Wildman–Crippen MR) is 96.3 cm³/mol. The molecule has 5 heteroatoms. The van der Waals surface area contributed by atoms with Crippen molar-refractivity contribution in [1.82, 2.24) is 4.98 Å². The first-order valence-corrected chi connectivity index (χ1v) is 8.09. The molecule has 0 bridgehead atoms. The fourth-order valence-corrected chi connectivity index (χ4v) is 2.69. The average molecular weight is 335 g/mol. The number of carbonyl (C=O) groups is 1. The molecule has 0 radical (unpaired) electrons. The Labute approximate surface area is 146 Å². The fourth-order valence-electron chi connectivity index (χ4n) is 2.69. The van der Waals surface area contributed by atoms with E-state index in [1.54, 1.807) is 0 Å². The van der Waals surface area contributed by atoms with Gasteiger partial charge in [-0.05, 0) is 50.6 Å². The zero-order chi connectivity index (χ0) is 18.0. The lowest BCUT2D eigenvalue weighted by molar-refractivity contribution is -0.254. The van der Waals surface area contributed by atoms with Gasteiger partial charge in [0.1, 0.15) is 5.75 Å². The maximum absolute atomic E-state index is 11.5. The minimum atomic E-state index is -1.27. The van der Waals surface area contributed by atoms with Gasteiger partial charge in [-0.1, -0.05) is 18.2 Å². The molecule has 0 unspecified atom stereocenters. The van der Waals surface area contributed by atoms with E-state index >= 15 is 0 Å². The van der Waals surface area contributed by atoms with Crippen LogP contribution in [-0.2, 0) is 0 Å². The Kier molecular flexibility index (Phi) is 4.57. The molecule has 0 saturated carbocycles. The van der Waals surface area contributed by atoms with Crippen LogP contribution in [-0.4, -0.2) is 17.1 Å². The minimum Gasteiger partial charge on any atom is -0.545 e. The number of nitrogens with zero attached hydrogens (tertiary/aromatic N) is 1. The molecule has 0 saturated heterocycles. The average Bonchev–Trinajstić information content (AvgIpc) is 2.56. The number of carboxylic acids is 1. The van der Waals surface area contributed by atoms with Crippen molar-refractivity contribution < 1.29 is 14.6 Å². The molecular formula is C20H19N2O3-. The molecule has 2 aromatic carbocycles. The van der Waals surface area contributed by atoms with E-state index in [0.717, 1.165) is 27.9 Å². The highest BCUT2D eigenvalue weighted by Gasteiger charge is 2.11. The monoisotopic (exact) mass is 335 g/mol. The van der Waals surface area contributed by atoms with Gasteiger partial charge in [-0.2, -0.15) is 0 Å². The first kappa shape index (κ1) is 16.8. The number of carboxylic acid groups (broad SMARTS) is 1. The lowest BCUT2D eigenvalue weighted by atomic mass is 10.1. The summed E-state index contributed by atoms with van der Waals surface area (Å²) >= 11 is 0. The Morgan fingerprint density at radius 3 is 2.52 bits per heavy atom. The molecule has 1 aromatic heterocycles. The molecule has 128 valence electrons. The summed E-state index contributed by atoms with van der Waals surface area (Å²) in [6.07, 6.45) is 1.43. The highest BCUT2D eigenvalue weighted by Crippen LogP contribution is 2.31. The summed E-state index contributed by atoms with van der Waals surface area (Å²) in [5.41, 5.74) is 3.00. The molecule has 3 aromatic rings. The van der Waals surface area contributed by atoms with Crippen molar-refractivity contribution in [2.24, 2.45) is 0 Å². The number of carbonyl (C=O) groups excluding carboxylic acids is 1. The van der Waals surface area contributed by atoms with Gasteiger partial charge in [0.2, 0.25) is 0 Å². The number of anilines is 2. The van der Waals surface area contributed by atoms with Gasteiger partial charge >= 0.3 is 0 Å². The first-order chi connectivity index (χ1) is 12.0. The van der Waals surface area contributed by atoms with Crippen LogP contribution in [0.1, 0.15) is 29.8 Å². The number of para-hydroxylation sites is 1. The quantitative estimate of drug-likeness (QED) is 0.773. The van der Waals surface area contributed by atoms with Gasteiger partial charge in [0, 0.05) is 22.8 Å². The van der Waals surface area contributed by atoms with Gasteiger partial charge in [0.25, 0.3) is 0 Å². The second-order valence-corrected chi connectivity index (χ2v) is 6.12. The number of hydrogen-bond donors (Lipinski definition) is 1. The molecule has 25 heavy (non-hydrogen) atoms. The molecule has 1 heterocycles. The molecule has 0 spiro atoms. The number of hydrogen-bond acceptors (Lipinski definition) is 5. The summed E-state index contributed by atoms with van der Waals surface area (Å²) in [5, 5.41) is 15.4. The maximum atomic E-state index is 11.5. The van der Waals surface area contributed by atoms with Gasteiger partial charge < -0.3 is 20.0 Å². The van der Waals surface area contributed by atoms with Gasteiger partial charge in [-0.3, -0.25) is 4.98 Å². The number of benzene rings is 2. The third kappa shape index (κ3) is 3.55. The number of fused-ring (bicyclic) bond motifs is 1. The number of aromatic carboxylic acids is 1. The number of ether oxygens (including phenoxy) is 1. The minimum absolute atomic E-state index is 0.0283. The van der Waals surface area contributed by atoms with Gasteiger partial charge in [0.15, 0.2) is 0 Å². The summed E-state index contributed by atoms with van der Waals surface area (Å²) in [6, 6.07) is 13.0. The Morgan fingerprint density at radius 1 is 1.16 bits per heavy atom. The third-order valence-corrected chi connectivity index (χ3v) is 3.81. The molecule has 5 nitrogen and oxygen atoms in total. The maximum Gasteiger partial charge on any atom is 0.119 e. The van der Waals surface area contributed by atoms with Gasteiger partial charge in [-0.15, -0.1) is 0 Å². The normalized spacial score (nSPS) is 10.9. The summed E-state index contributed by atoms with van der Waals surface area (Å²) < 4.78 is 5.63. The van der Waals surface area contributed by atoms with Crippen molar-refractivity contribution >= 4 is 28.2 Å². The van der Waals surface area contributed by atoms with Crippen molar-refractivity contribution in [3.8, 4) is 5.75 Å². The predicted octanol–water partition coefficient (Wildman–Crippen LogP) is 3.44. The SMILES string of the molecule is Cc1cccc2c(Nc3ccc(OC(C)C)cc3)c(C(=O)[O-])cnc12. The molecule has 3 rings (SSSR count). The van der Waals surface area contributed by atoms with Crippen molar-refractivity contribution in [1.29, 1.82) is 0 Å². The summed E-state index contributed by atoms with van der Waals surface area (Å²) in [7, 11) is 0. The molecule has 1 N–H and O–H groups in total. The molecule has 0 aliphatic carbocycles. The number of aryl methyl sites for hydroxylation is 1. The molecule has 0 atom stereocenters. The smallest absolute Gasteiger partial charge is 0.119 e. The van der Waals surface area contributed by atoms with Gasteiger partial charge in [0.05, 0.1) is 23.3 Å². The van der Waals surface area contributed by atoms with E-state index in [0.29, 0.717) is 5.69 Å². The second kappa shape index (κ2) is 6.81. The second-order valence-electron chi connectivity index (χ2n) is 6.12. The van der Waals surface area contributed by atoms with E-state index in [-0.39, 0.29) is 11.7 Å². The van der Waals surface area contributed by atoms with Crippen LogP contribution in [0.4, 0.5) is 11.4 Å². The van der Waals surface area contributed by atoms with Crippen molar-refractivity contribution in [2.45, 2.75) is 26.9 Å². The fraction of sp³-hybridized carbons (Fsp3) is 0.200. The third-order valence-electron chi connectivity index (χ3n) is 3.81. The lowest BCUT2D eigenvalue weighted by Crippen LogP contribution is -2.23. The van der Waals surface area contributed by atoms with Crippen LogP contribution in [0.2, 0.25) is 0 Å². The van der Waals surface area contributed by atoms with E-state index < -0.39 is 5.97 Å². The Balaban J connectivity index is 2.03. The van der Waals surface area contributed by atoms with Crippen molar-refractivity contribution in [3.05, 3.63) is 59.8 Å². The Morgan fingerprint density at radius 2 is 1.88 bits per heavy atom. The van der Waals surface area contributed by atoms with Crippen LogP contribution < -0.4 is 15.2 Å². The van der Waals surface area contributed by atoms with Crippen LogP contribution in [0.15, 0.2) is 48.7 Å². The van der Waals surface area contributed by atoms with Crippen LogP contribution in [0.5, 0.6) is 5.75 Å². The van der Waals surface area contributed by atoms with Crippen molar-refractivity contribution in [3.63, 3.8) is 0 Å². The Bertz CT molecular complexity index is 918. The number of aromatic nitrogens is 1. The summed E-state index contributed by atoms with van der Waals surface area (Å²) in [4.78, 5) is 15.8. The molecule has 0 amide bonds. The van der Waals surface area contributed by atoms with E-state index in [1.807, 2.05) is 63.2 Å². The number of pyridine rings is 1. The van der Waals surface area contributed by atoms with E-state index in [4.69, 9.17) is 4.74 Å². The molecular weight excluding hydrogens is 316 g/mol. The molecule has 0 fully saturated rings. The van der Waals surface area contributed by atoms with Crippen LogP contribution in [0, 0.1) is 6.92 Å². The molecule has 0 aliphatic heterocycles. The highest BCUT2D eigenvalue weighted by atomic mass is 16.5. The van der Waals surface area contributed by atoms with Crippen LogP contribution in [0.3, 0.4) is 0 Å². The molecule has 0 aliphatic rings. The van der Waals surface area contributed by atoms with Crippen LogP contribution in [0.25, 0.3) is 10.9 Å². The zero-order valence-corrected chi connectivity index (χ0v) is 14.4. The van der Waals surface area contributed by atoms with Gasteiger partial charge in [-0.25, -0.2) is 0 Å². The standard InChI is InChI=1S/C20H20N2O3/c1-12(2)25-15-9-7-14(8-10-15)22-19-16-6-4-5-13(3)18(16)21-11-17(19)20(23)24/h4-12H,1-3H3,(H,21,22)(H,23,24)/p-1. The number of nitrogens with one attached hydrogen (secondary N) is 1. The van der Waals surface area contributed by atoms with E-state index in [1.165, 1.54) is 6.20 Å². The van der Waals surface area contributed by atoms with E-state index in [9.17, 15) is 9.90 Å². The summed E-state index contributed by atoms with van der Waals surface area (Å²) in [5.74, 6) is -0.505. The lowest BCUT2D eigenvalue weighted by Gasteiger charge is -2.17. The van der Waals surface area contributed by atoms with Crippen LogP contribution >= 0.6 is 0 Å². The highest BCUT2D eigenvalue weighted by molar-refractivity contribution is 6.05. The topological polar surface area (TPSA) is 74.3 Å². The summed E-state index contributed by atoms with van der Waals surface area (Å²) in [6.45, 7) is 5.86.